The fraction of sp³-hybridized carbons (Fsp3) is 0.444. The molecule has 1 heterocycles. The zero-order valence-corrected chi connectivity index (χ0v) is 10.4. The fourth-order valence-corrected chi connectivity index (χ4v) is 2.08. The first kappa shape index (κ1) is 11.7. The van der Waals surface area contributed by atoms with Crippen LogP contribution in [0.25, 0.3) is 0 Å². The van der Waals surface area contributed by atoms with E-state index in [9.17, 15) is 4.79 Å². The lowest BCUT2D eigenvalue weighted by Gasteiger charge is -2.22. The number of hydrogen-bond acceptors (Lipinski definition) is 3. The quantitative estimate of drug-likeness (QED) is 0.918. The van der Waals surface area contributed by atoms with Gasteiger partial charge in [-0.2, -0.15) is 0 Å². The van der Waals surface area contributed by atoms with Crippen LogP contribution < -0.4 is 0 Å². The van der Waals surface area contributed by atoms with Gasteiger partial charge < -0.3 is 10.0 Å². The van der Waals surface area contributed by atoms with Crippen molar-refractivity contribution in [3.8, 4) is 0 Å². The number of halogens is 1. The van der Waals surface area contributed by atoms with Crippen LogP contribution in [0, 0.1) is 0 Å². The van der Waals surface area contributed by atoms with Gasteiger partial charge in [0.25, 0.3) is 5.91 Å². The number of aliphatic hydroxyl groups is 1. The van der Waals surface area contributed by atoms with Crippen molar-refractivity contribution in [2.45, 2.75) is 13.0 Å². The smallest absolute Gasteiger partial charge is 0.254 e. The topological polar surface area (TPSA) is 40.5 Å². The summed E-state index contributed by atoms with van der Waals surface area (Å²) in [6, 6.07) is 1.63. The lowest BCUT2D eigenvalue weighted by molar-refractivity contribution is 0.0682. The van der Waals surface area contributed by atoms with Crippen LogP contribution in [-0.2, 0) is 0 Å². The molecule has 14 heavy (non-hydrogen) atoms. The van der Waals surface area contributed by atoms with Crippen LogP contribution in [0.15, 0.2) is 15.2 Å². The summed E-state index contributed by atoms with van der Waals surface area (Å²) in [5.41, 5.74) is 0.657. The van der Waals surface area contributed by atoms with E-state index < -0.39 is 0 Å². The van der Waals surface area contributed by atoms with Gasteiger partial charge in [0.2, 0.25) is 0 Å². The molecule has 1 rings (SSSR count). The zero-order valence-electron chi connectivity index (χ0n) is 8.03. The van der Waals surface area contributed by atoms with Gasteiger partial charge in [-0.15, -0.1) is 11.3 Å². The number of likely N-dealkylation sites (N-methyl/N-ethyl adjacent to an activating group) is 1. The minimum Gasteiger partial charge on any atom is -0.394 e. The predicted molar refractivity (Wildman–Crippen MR) is 60.7 cm³/mol. The van der Waals surface area contributed by atoms with Crippen molar-refractivity contribution in [3.05, 3.63) is 20.8 Å². The molecule has 1 N–H and O–H groups in total. The minimum absolute atomic E-state index is 0.0203. The summed E-state index contributed by atoms with van der Waals surface area (Å²) in [6.45, 7) is 1.78. The fourth-order valence-electron chi connectivity index (χ4n) is 0.948. The third-order valence-electron chi connectivity index (χ3n) is 2.06. The van der Waals surface area contributed by atoms with Crippen LogP contribution in [0.4, 0.5) is 0 Å². The number of amides is 1. The summed E-state index contributed by atoms with van der Waals surface area (Å²) in [5.74, 6) is -0.0616. The summed E-state index contributed by atoms with van der Waals surface area (Å²) < 4.78 is 0.936. The molecule has 1 aromatic heterocycles. The lowest BCUT2D eigenvalue weighted by atomic mass is 10.2. The lowest BCUT2D eigenvalue weighted by Crippen LogP contribution is -2.37. The Balaban J connectivity index is 2.75. The Morgan fingerprint density at radius 1 is 1.79 bits per heavy atom. The highest BCUT2D eigenvalue weighted by Crippen LogP contribution is 2.21. The van der Waals surface area contributed by atoms with Crippen LogP contribution in [0.5, 0.6) is 0 Å². The Labute approximate surface area is 95.5 Å². The van der Waals surface area contributed by atoms with Gasteiger partial charge in [0.15, 0.2) is 0 Å². The molecule has 0 bridgehead atoms. The van der Waals surface area contributed by atoms with Crippen molar-refractivity contribution in [1.29, 1.82) is 0 Å². The second-order valence-corrected chi connectivity index (χ2v) is 5.38. The molecule has 0 aliphatic rings. The van der Waals surface area contributed by atoms with E-state index in [2.05, 4.69) is 15.9 Å². The summed E-state index contributed by atoms with van der Waals surface area (Å²) >= 11 is 4.78. The van der Waals surface area contributed by atoms with Crippen molar-refractivity contribution >= 4 is 33.2 Å². The van der Waals surface area contributed by atoms with Gasteiger partial charge in [0.05, 0.1) is 22.0 Å². The average Bonchev–Trinajstić information content (AvgIpc) is 2.61. The molecule has 5 heteroatoms. The van der Waals surface area contributed by atoms with E-state index >= 15 is 0 Å². The van der Waals surface area contributed by atoms with Crippen molar-refractivity contribution in [2.75, 3.05) is 13.7 Å². The normalized spacial score (nSPS) is 12.6. The van der Waals surface area contributed by atoms with Gasteiger partial charge in [-0.05, 0) is 28.9 Å². The van der Waals surface area contributed by atoms with Gasteiger partial charge in [-0.25, -0.2) is 0 Å². The van der Waals surface area contributed by atoms with E-state index in [1.165, 1.54) is 16.2 Å². The molecule has 1 atom stereocenters. The first-order valence-electron chi connectivity index (χ1n) is 4.18. The van der Waals surface area contributed by atoms with Crippen LogP contribution in [0.2, 0.25) is 0 Å². The van der Waals surface area contributed by atoms with E-state index in [1.807, 2.05) is 0 Å². The average molecular weight is 278 g/mol. The second-order valence-electron chi connectivity index (χ2n) is 3.09. The molecule has 0 aromatic carbocycles. The van der Waals surface area contributed by atoms with E-state index in [0.717, 1.165) is 3.79 Å². The maximum atomic E-state index is 11.8. The van der Waals surface area contributed by atoms with Crippen molar-refractivity contribution < 1.29 is 9.90 Å². The number of thiophene rings is 1. The molecule has 1 unspecified atom stereocenters. The van der Waals surface area contributed by atoms with E-state index in [0.29, 0.717) is 5.56 Å². The van der Waals surface area contributed by atoms with Crippen LogP contribution in [-0.4, -0.2) is 35.6 Å². The van der Waals surface area contributed by atoms with Crippen LogP contribution >= 0.6 is 27.3 Å². The van der Waals surface area contributed by atoms with Gasteiger partial charge in [0, 0.05) is 12.4 Å². The Morgan fingerprint density at radius 3 is 2.86 bits per heavy atom. The van der Waals surface area contributed by atoms with Crippen LogP contribution in [0.3, 0.4) is 0 Å². The monoisotopic (exact) mass is 277 g/mol. The second kappa shape index (κ2) is 4.91. The number of carbonyl (C=O) groups is 1. The first-order chi connectivity index (χ1) is 6.56. The molecule has 0 saturated heterocycles. The highest BCUT2D eigenvalue weighted by molar-refractivity contribution is 9.11. The number of carbonyl (C=O) groups excluding carboxylic acids is 1. The van der Waals surface area contributed by atoms with E-state index in [4.69, 9.17) is 5.11 Å². The third kappa shape index (κ3) is 2.56. The first-order valence-corrected chi connectivity index (χ1v) is 5.85. The largest absolute Gasteiger partial charge is 0.394 e. The molecule has 78 valence electrons. The molecule has 0 fully saturated rings. The highest BCUT2D eigenvalue weighted by Gasteiger charge is 2.17. The maximum Gasteiger partial charge on any atom is 0.254 e. The molecule has 0 spiro atoms. The Morgan fingerprint density at radius 2 is 2.43 bits per heavy atom. The predicted octanol–water partition coefficient (Wildman–Crippen LogP) is 1.96. The van der Waals surface area contributed by atoms with Gasteiger partial charge in [-0.3, -0.25) is 4.79 Å². The Hall–Kier alpha value is -0.390. The number of hydrogen-bond donors (Lipinski definition) is 1. The highest BCUT2D eigenvalue weighted by atomic mass is 79.9. The zero-order chi connectivity index (χ0) is 10.7. The van der Waals surface area contributed by atoms with Crippen molar-refractivity contribution in [1.82, 2.24) is 4.90 Å². The number of aliphatic hydroxyl groups excluding tert-OH is 1. The van der Waals surface area contributed by atoms with Crippen molar-refractivity contribution in [3.63, 3.8) is 0 Å². The molecular formula is C9H12BrNO2S. The molecule has 0 saturated carbocycles. The molecule has 1 aromatic rings. The number of nitrogens with zero attached hydrogens (tertiary/aromatic N) is 1. The summed E-state index contributed by atoms with van der Waals surface area (Å²) in [6.07, 6.45) is 0. The minimum atomic E-state index is -0.152. The standard InChI is InChI=1S/C9H12BrNO2S/c1-6(4-12)11(2)9(13)7-3-8(10)14-5-7/h3,5-6,12H,4H2,1-2H3. The molecule has 1 amide bonds. The number of rotatable bonds is 3. The summed E-state index contributed by atoms with van der Waals surface area (Å²) in [7, 11) is 1.69. The van der Waals surface area contributed by atoms with E-state index in [-0.39, 0.29) is 18.6 Å². The van der Waals surface area contributed by atoms with Gasteiger partial charge >= 0.3 is 0 Å². The molecule has 0 radical (unpaired) electrons. The Kier molecular flexibility index (Phi) is 4.10. The summed E-state index contributed by atoms with van der Waals surface area (Å²) in [5, 5.41) is 10.7. The van der Waals surface area contributed by atoms with Crippen molar-refractivity contribution in [2.24, 2.45) is 0 Å². The van der Waals surface area contributed by atoms with E-state index in [1.54, 1.807) is 25.4 Å². The van der Waals surface area contributed by atoms with Gasteiger partial charge in [0.1, 0.15) is 0 Å². The molecular weight excluding hydrogens is 266 g/mol. The molecule has 0 aliphatic carbocycles. The molecule has 0 aliphatic heterocycles. The maximum absolute atomic E-state index is 11.8. The van der Waals surface area contributed by atoms with Crippen LogP contribution in [0.1, 0.15) is 17.3 Å². The SMILES string of the molecule is CC(CO)N(C)C(=O)c1csc(Br)c1. The Bertz CT molecular complexity index is 326. The third-order valence-corrected chi connectivity index (χ3v) is 3.56. The van der Waals surface area contributed by atoms with Gasteiger partial charge in [-0.1, -0.05) is 0 Å². The molecule has 3 nitrogen and oxygen atoms in total. The summed E-state index contributed by atoms with van der Waals surface area (Å²) in [4.78, 5) is 13.3.